The molecule has 0 amide bonds. The number of hydrogen-bond acceptors (Lipinski definition) is 2. The van der Waals surface area contributed by atoms with Crippen LogP contribution in [0.4, 0.5) is 4.39 Å². The quantitative estimate of drug-likeness (QED) is 0.637. The lowest BCUT2D eigenvalue weighted by molar-refractivity contribution is 0.102. The Morgan fingerprint density at radius 3 is 2.85 bits per heavy atom. The maximum Gasteiger partial charge on any atom is 0.169 e. The number of Topliss-reactive ketones (excluding diaryl/α,β-unsaturated/α-hetero) is 1. The number of ketones is 1. The molecule has 0 aliphatic heterocycles. The molecule has 0 N–H and O–H groups in total. The number of rotatable bonds is 1. The van der Waals surface area contributed by atoms with Crippen LogP contribution in [0.3, 0.4) is 0 Å². The van der Waals surface area contributed by atoms with Gasteiger partial charge in [0.05, 0.1) is 4.88 Å². The second kappa shape index (κ2) is 2.92. The molecule has 1 aromatic heterocycles. The molecule has 0 saturated heterocycles. The van der Waals surface area contributed by atoms with Crippen LogP contribution >= 0.6 is 11.3 Å². The van der Waals surface area contributed by atoms with Gasteiger partial charge < -0.3 is 0 Å². The third-order valence-corrected chi connectivity index (χ3v) is 3.03. The minimum atomic E-state index is -0.260. The van der Waals surface area contributed by atoms with Crippen LogP contribution in [0, 0.1) is 5.82 Å². The fraction of sp³-hybridized carbons (Fsp3) is 0.100. The predicted molar refractivity (Wildman–Crippen MR) is 51.8 cm³/mol. The Morgan fingerprint density at radius 1 is 1.38 bits per heavy atom. The second-order valence-electron chi connectivity index (χ2n) is 2.85. The zero-order valence-electron chi connectivity index (χ0n) is 7.00. The van der Waals surface area contributed by atoms with Crippen LogP contribution in [0.5, 0.6) is 0 Å². The highest BCUT2D eigenvalue weighted by Crippen LogP contribution is 2.26. The molecule has 0 fully saturated rings. The third kappa shape index (κ3) is 1.47. The lowest BCUT2D eigenvalue weighted by Gasteiger charge is -1.86. The molecule has 1 nitrogen and oxygen atoms in total. The first-order valence-corrected chi connectivity index (χ1v) is 4.68. The standard InChI is InChI=1S/C10H7FOS/c1-6(12)9-4-7-2-3-8(11)5-10(7)13-9/h2-5H,1H3. The van der Waals surface area contributed by atoms with Crippen LogP contribution in [0.1, 0.15) is 16.6 Å². The molecule has 0 unspecified atom stereocenters. The van der Waals surface area contributed by atoms with E-state index in [1.165, 1.54) is 30.4 Å². The van der Waals surface area contributed by atoms with Crippen molar-refractivity contribution in [3.8, 4) is 0 Å². The fourth-order valence-electron chi connectivity index (χ4n) is 1.18. The molecule has 0 saturated carbocycles. The van der Waals surface area contributed by atoms with Crippen molar-refractivity contribution in [1.29, 1.82) is 0 Å². The number of benzene rings is 1. The number of halogens is 1. The maximum atomic E-state index is 12.8. The first-order chi connectivity index (χ1) is 6.16. The van der Waals surface area contributed by atoms with Gasteiger partial charge in [-0.2, -0.15) is 0 Å². The minimum Gasteiger partial charge on any atom is -0.294 e. The van der Waals surface area contributed by atoms with E-state index < -0.39 is 0 Å². The molecule has 13 heavy (non-hydrogen) atoms. The SMILES string of the molecule is CC(=O)c1cc2ccc(F)cc2s1. The Kier molecular flexibility index (Phi) is 1.88. The van der Waals surface area contributed by atoms with Gasteiger partial charge >= 0.3 is 0 Å². The fourth-order valence-corrected chi connectivity index (χ4v) is 2.16. The molecule has 0 bridgehead atoms. The van der Waals surface area contributed by atoms with Crippen LogP contribution in [-0.4, -0.2) is 5.78 Å². The summed E-state index contributed by atoms with van der Waals surface area (Å²) in [6.45, 7) is 1.51. The highest BCUT2D eigenvalue weighted by atomic mass is 32.1. The molecule has 0 radical (unpaired) electrons. The molecule has 66 valence electrons. The van der Waals surface area contributed by atoms with Crippen molar-refractivity contribution in [2.75, 3.05) is 0 Å². The lowest BCUT2D eigenvalue weighted by atomic mass is 10.2. The van der Waals surface area contributed by atoms with Crippen molar-refractivity contribution in [2.45, 2.75) is 6.92 Å². The van der Waals surface area contributed by atoms with Gasteiger partial charge in [-0.3, -0.25) is 4.79 Å². The molecular formula is C10H7FOS. The van der Waals surface area contributed by atoms with Gasteiger partial charge in [0.25, 0.3) is 0 Å². The van der Waals surface area contributed by atoms with Crippen molar-refractivity contribution < 1.29 is 9.18 Å². The summed E-state index contributed by atoms with van der Waals surface area (Å²) in [6, 6.07) is 6.33. The first kappa shape index (κ1) is 8.38. The summed E-state index contributed by atoms with van der Waals surface area (Å²) < 4.78 is 13.6. The van der Waals surface area contributed by atoms with Crippen molar-refractivity contribution in [2.24, 2.45) is 0 Å². The molecule has 1 aromatic carbocycles. The van der Waals surface area contributed by atoms with E-state index in [9.17, 15) is 9.18 Å². The Morgan fingerprint density at radius 2 is 2.15 bits per heavy atom. The van der Waals surface area contributed by atoms with E-state index in [-0.39, 0.29) is 11.6 Å². The molecule has 3 heteroatoms. The minimum absolute atomic E-state index is 0.0293. The number of hydrogen-bond donors (Lipinski definition) is 0. The molecule has 2 aromatic rings. The van der Waals surface area contributed by atoms with Crippen LogP contribution in [0.2, 0.25) is 0 Å². The summed E-state index contributed by atoms with van der Waals surface area (Å²) in [6.07, 6.45) is 0. The molecule has 1 heterocycles. The van der Waals surface area contributed by atoms with Gasteiger partial charge in [0.15, 0.2) is 5.78 Å². The molecule has 2 rings (SSSR count). The van der Waals surface area contributed by atoms with Crippen molar-refractivity contribution in [3.05, 3.63) is 35.0 Å². The highest BCUT2D eigenvalue weighted by molar-refractivity contribution is 7.20. The number of carbonyl (C=O) groups excluding carboxylic acids is 1. The first-order valence-electron chi connectivity index (χ1n) is 3.87. The Hall–Kier alpha value is -1.22. The summed E-state index contributed by atoms with van der Waals surface area (Å²) >= 11 is 1.33. The average molecular weight is 194 g/mol. The molecular weight excluding hydrogens is 187 g/mol. The van der Waals surface area contributed by atoms with Gasteiger partial charge in [-0.1, -0.05) is 6.07 Å². The van der Waals surface area contributed by atoms with Gasteiger partial charge in [-0.05, 0) is 30.5 Å². The second-order valence-corrected chi connectivity index (χ2v) is 3.93. The molecule has 0 aliphatic rings. The van der Waals surface area contributed by atoms with E-state index in [2.05, 4.69) is 0 Å². The van der Waals surface area contributed by atoms with Gasteiger partial charge in [0.1, 0.15) is 5.82 Å². The maximum absolute atomic E-state index is 12.8. The highest BCUT2D eigenvalue weighted by Gasteiger charge is 2.05. The van der Waals surface area contributed by atoms with Crippen molar-refractivity contribution >= 4 is 27.2 Å². The summed E-state index contributed by atoms with van der Waals surface area (Å²) in [5.41, 5.74) is 0. The smallest absolute Gasteiger partial charge is 0.169 e. The van der Waals surface area contributed by atoms with E-state index in [0.29, 0.717) is 4.88 Å². The van der Waals surface area contributed by atoms with Crippen LogP contribution in [0.15, 0.2) is 24.3 Å². The largest absolute Gasteiger partial charge is 0.294 e. The average Bonchev–Trinajstić information content (AvgIpc) is 2.46. The topological polar surface area (TPSA) is 17.1 Å². The summed E-state index contributed by atoms with van der Waals surface area (Å²) in [4.78, 5) is 11.7. The van der Waals surface area contributed by atoms with E-state index in [1.54, 1.807) is 12.1 Å². The molecule has 0 aliphatic carbocycles. The van der Waals surface area contributed by atoms with E-state index in [4.69, 9.17) is 0 Å². The number of fused-ring (bicyclic) bond motifs is 1. The third-order valence-electron chi connectivity index (χ3n) is 1.83. The summed E-state index contributed by atoms with van der Waals surface area (Å²) in [7, 11) is 0. The number of thiophene rings is 1. The van der Waals surface area contributed by atoms with E-state index in [0.717, 1.165) is 10.1 Å². The monoisotopic (exact) mass is 194 g/mol. The Bertz CT molecular complexity index is 473. The van der Waals surface area contributed by atoms with E-state index >= 15 is 0 Å². The van der Waals surface area contributed by atoms with Crippen LogP contribution < -0.4 is 0 Å². The van der Waals surface area contributed by atoms with Gasteiger partial charge in [0.2, 0.25) is 0 Å². The van der Waals surface area contributed by atoms with Crippen molar-refractivity contribution in [3.63, 3.8) is 0 Å². The molecule has 0 atom stereocenters. The zero-order valence-corrected chi connectivity index (χ0v) is 7.82. The normalized spacial score (nSPS) is 10.6. The lowest BCUT2D eigenvalue weighted by Crippen LogP contribution is -1.83. The van der Waals surface area contributed by atoms with Crippen LogP contribution in [0.25, 0.3) is 10.1 Å². The van der Waals surface area contributed by atoms with Gasteiger partial charge in [-0.15, -0.1) is 11.3 Å². The van der Waals surface area contributed by atoms with E-state index in [1.807, 2.05) is 0 Å². The van der Waals surface area contributed by atoms with Gasteiger partial charge in [-0.25, -0.2) is 4.39 Å². The van der Waals surface area contributed by atoms with Gasteiger partial charge in [0, 0.05) is 4.70 Å². The Labute approximate surface area is 78.8 Å². The molecule has 0 spiro atoms. The number of carbonyl (C=O) groups is 1. The van der Waals surface area contributed by atoms with Crippen molar-refractivity contribution in [1.82, 2.24) is 0 Å². The summed E-state index contributed by atoms with van der Waals surface area (Å²) in [5, 5.41) is 0.927. The zero-order chi connectivity index (χ0) is 9.42. The Balaban J connectivity index is 2.68. The predicted octanol–water partition coefficient (Wildman–Crippen LogP) is 3.24. The van der Waals surface area contributed by atoms with Crippen LogP contribution in [-0.2, 0) is 0 Å². The summed E-state index contributed by atoms with van der Waals surface area (Å²) in [5.74, 6) is -0.230.